The number of nitrogens with one attached hydrogen (secondary N) is 15. The standard InChI is InChI=1S/C91H163N23O20S/c1-9-11-12-13-14-15-16-17-18-19-20-21-22-31-49-100-89(133)76(57(5)10-2)113-83(127)66(37-32-50-101-91(98)99)107-86(130)70(53-60-39-41-61(118)42-40-60)110-80(124)65(36-27-30-48-94)106-87(131)71(54-75(120)121)111-90(134)77(58(6)116)114-84(128)68(45-51-135-8)108-88(132)72(55-115)112-81(125)62(33-23-24-38-73(95)96)105-85(129)69(52-56(3)4)109-79(123)64(35-26-29-47-93)103-78(122)63(34-25-28-46-92)104-82(126)67(102-59(7)117)43-44-74(97)119/h39-42,56-58,62-72,76-77,115-116,118H,9-38,43-55,92-94H2,1-8H3,(H3,95,96)(H2,97,119)(H,100,133)(H,102,117)(H,103,122)(H,104,126)(H,105,129)(H,106,131)(H,107,130)(H,108,132)(H,109,123)(H,110,124)(H,111,134)(H,112,125)(H,113,127)(H,114,128)(H,120,121)(H4,98,99,101)/t57-,58+,62-,63-,64-,65-,66-,67-,68-,69-,70-,71-,72-,76-,77-/m0/s1. The molecule has 0 saturated carbocycles. The van der Waals surface area contributed by atoms with Gasteiger partial charge in [0.2, 0.25) is 88.6 Å². The zero-order chi connectivity index (χ0) is 101. The van der Waals surface area contributed by atoms with E-state index in [-0.39, 0.29) is 170 Å². The van der Waals surface area contributed by atoms with Gasteiger partial charge in [-0.1, -0.05) is 143 Å². The summed E-state index contributed by atoms with van der Waals surface area (Å²) in [4.78, 5) is 228. The molecule has 0 aliphatic carbocycles. The van der Waals surface area contributed by atoms with Gasteiger partial charge < -0.3 is 135 Å². The molecule has 1 rings (SSSR count). The van der Waals surface area contributed by atoms with Crippen molar-refractivity contribution >= 4 is 118 Å². The van der Waals surface area contributed by atoms with Gasteiger partial charge in [-0.3, -0.25) is 87.1 Å². The number of nitrogens with two attached hydrogens (primary N) is 7. The van der Waals surface area contributed by atoms with Crippen molar-refractivity contribution in [2.75, 3.05) is 51.3 Å². The van der Waals surface area contributed by atoms with Gasteiger partial charge in [0.15, 0.2) is 5.96 Å². The van der Waals surface area contributed by atoms with Gasteiger partial charge in [0.1, 0.15) is 84.3 Å². The number of hydrogen-bond donors (Lipinski definition) is 26. The number of guanidine groups is 1. The van der Waals surface area contributed by atoms with E-state index in [0.29, 0.717) is 37.8 Å². The number of carboxylic acid groups (broad SMARTS) is 1. The van der Waals surface area contributed by atoms with Crippen LogP contribution in [0.15, 0.2) is 29.3 Å². The van der Waals surface area contributed by atoms with Gasteiger partial charge in [-0.2, -0.15) is 11.8 Å². The predicted octanol–water partition coefficient (Wildman–Crippen LogP) is -0.250. The fraction of sp³-hybridized carbons (Fsp3) is 0.736. The van der Waals surface area contributed by atoms with Crippen molar-refractivity contribution in [3.8, 4) is 5.75 Å². The van der Waals surface area contributed by atoms with Crippen LogP contribution in [0.1, 0.15) is 279 Å². The van der Waals surface area contributed by atoms with Gasteiger partial charge in [-0.25, -0.2) is 0 Å². The van der Waals surface area contributed by atoms with Crippen LogP contribution in [-0.2, 0) is 83.1 Å². The van der Waals surface area contributed by atoms with Crippen LogP contribution in [0.4, 0.5) is 0 Å². The molecular weight excluding hydrogens is 1770 g/mol. The number of unbranched alkanes of at least 4 members (excludes halogenated alkanes) is 17. The molecule has 15 atom stereocenters. The topological polar surface area (TPSA) is 741 Å². The molecule has 33 N–H and O–H groups in total. The normalized spacial score (nSPS) is 14.5. The lowest BCUT2D eigenvalue weighted by molar-refractivity contribution is -0.142. The molecule has 0 aliphatic rings. The number of rotatable bonds is 78. The van der Waals surface area contributed by atoms with Crippen LogP contribution in [0.2, 0.25) is 0 Å². The average Bonchev–Trinajstić information content (AvgIpc) is 0.845. The summed E-state index contributed by atoms with van der Waals surface area (Å²) in [5.41, 5.74) is 40.1. The van der Waals surface area contributed by atoms with Crippen molar-refractivity contribution in [2.24, 2.45) is 57.0 Å². The van der Waals surface area contributed by atoms with Crippen LogP contribution in [-0.4, -0.2) is 263 Å². The number of aliphatic imine (C=N–C) groups is 1. The molecule has 0 saturated heterocycles. The van der Waals surface area contributed by atoms with E-state index in [9.17, 15) is 97.1 Å². The van der Waals surface area contributed by atoms with Crippen molar-refractivity contribution in [3.63, 3.8) is 0 Å². The molecule has 43 nitrogen and oxygen atoms in total. The fourth-order valence-electron chi connectivity index (χ4n) is 14.6. The second kappa shape index (κ2) is 71.9. The van der Waals surface area contributed by atoms with Gasteiger partial charge in [-0.15, -0.1) is 0 Å². The molecule has 0 aromatic heterocycles. The Morgan fingerprint density at radius 2 is 0.785 bits per heavy atom. The largest absolute Gasteiger partial charge is 0.508 e. The quantitative estimate of drug-likeness (QED) is 0.0227. The molecule has 0 radical (unpaired) electrons. The Bertz CT molecular complexity index is 3810. The van der Waals surface area contributed by atoms with Crippen LogP contribution < -0.4 is 115 Å². The Morgan fingerprint density at radius 1 is 0.415 bits per heavy atom. The van der Waals surface area contributed by atoms with Gasteiger partial charge in [0.05, 0.1) is 25.0 Å². The molecule has 15 amide bonds. The SMILES string of the molecule is CCCCCCCCCCCCCCCCNC(=O)[C@@H](NC(=O)[C@H](CCCN=C(N)N)NC(=O)[C@H](Cc1ccc(O)cc1)NC(=O)[C@H](CCCCN)NC(=O)[C@H](CC(=O)O)NC(=O)[C@@H](NC(=O)[C@H](CCSC)NC(=O)[C@H](CO)NC(=O)[C@H](CCCCC(=N)N)NC(=O)[C@H](CC(C)C)NC(=O)[C@H](CCCCN)NC(=O)[C@H](CCCCN)NC(=O)[C@H](CCC(N)=O)NC(C)=O)[C@@H](C)O)[C@@H](C)CC. The van der Waals surface area contributed by atoms with Gasteiger partial charge in [0.25, 0.3) is 0 Å². The highest BCUT2D eigenvalue weighted by Gasteiger charge is 2.40. The van der Waals surface area contributed by atoms with Crippen molar-refractivity contribution in [3.05, 3.63) is 29.8 Å². The molecule has 1 aromatic carbocycles. The Morgan fingerprint density at radius 3 is 1.19 bits per heavy atom. The molecule has 0 unspecified atom stereocenters. The first-order valence-corrected chi connectivity index (χ1v) is 49.3. The average molecular weight is 1930 g/mol. The molecule has 44 heteroatoms. The molecule has 0 heterocycles. The smallest absolute Gasteiger partial charge is 0.305 e. The monoisotopic (exact) mass is 1930 g/mol. The van der Waals surface area contributed by atoms with E-state index >= 15 is 0 Å². The Kier molecular flexibility index (Phi) is 65.2. The summed E-state index contributed by atoms with van der Waals surface area (Å²) in [6.07, 6.45) is 16.2. The highest BCUT2D eigenvalue weighted by Crippen LogP contribution is 2.20. The number of hydrogen-bond acceptors (Lipinski definition) is 25. The number of aliphatic carboxylic acids is 1. The zero-order valence-corrected chi connectivity index (χ0v) is 81.5. The molecule has 0 bridgehead atoms. The number of carboxylic acids is 1. The number of phenols is 1. The van der Waals surface area contributed by atoms with Crippen LogP contribution in [0, 0.1) is 17.2 Å². The molecular formula is C91H163N23O20S. The van der Waals surface area contributed by atoms with Crippen molar-refractivity contribution in [1.82, 2.24) is 74.4 Å². The van der Waals surface area contributed by atoms with Crippen molar-refractivity contribution in [1.29, 1.82) is 5.41 Å². The summed E-state index contributed by atoms with van der Waals surface area (Å²) in [5, 5.41) is 86.4. The minimum atomic E-state index is -2.08. The number of primary amides is 1. The third-order valence-electron chi connectivity index (χ3n) is 22.6. The molecule has 0 spiro atoms. The van der Waals surface area contributed by atoms with E-state index in [2.05, 4.69) is 86.4 Å². The second-order valence-electron chi connectivity index (χ2n) is 35.0. The van der Waals surface area contributed by atoms with Crippen LogP contribution in [0.25, 0.3) is 0 Å². The van der Waals surface area contributed by atoms with E-state index in [1.165, 1.54) is 93.8 Å². The molecule has 135 heavy (non-hydrogen) atoms. The Labute approximate surface area is 799 Å². The van der Waals surface area contributed by atoms with E-state index in [4.69, 9.17) is 45.5 Å². The maximum Gasteiger partial charge on any atom is 0.305 e. The minimum Gasteiger partial charge on any atom is -0.508 e. The molecule has 0 fully saturated rings. The zero-order valence-electron chi connectivity index (χ0n) is 80.7. The second-order valence-corrected chi connectivity index (χ2v) is 36.0. The first-order chi connectivity index (χ1) is 64.2. The third kappa shape index (κ3) is 54.7. The van der Waals surface area contributed by atoms with Gasteiger partial charge >= 0.3 is 5.97 Å². The van der Waals surface area contributed by atoms with E-state index in [0.717, 1.165) is 46.0 Å². The molecule has 0 aliphatic heterocycles. The Hall–Kier alpha value is -10.6. The number of carbonyl (C=O) groups is 16. The first kappa shape index (κ1) is 122. The summed E-state index contributed by atoms with van der Waals surface area (Å²) in [6.45, 7) is 11.4. The molecule has 1 aromatic rings. The number of amidine groups is 1. The first-order valence-electron chi connectivity index (χ1n) is 47.9. The van der Waals surface area contributed by atoms with Crippen molar-refractivity contribution in [2.45, 2.75) is 364 Å². The number of phenolic OH excluding ortho intramolecular Hbond substituents is 1. The highest BCUT2D eigenvalue weighted by molar-refractivity contribution is 7.98. The number of aromatic hydroxyl groups is 1. The van der Waals surface area contributed by atoms with Crippen LogP contribution in [0.3, 0.4) is 0 Å². The number of aliphatic hydroxyl groups is 2. The number of benzene rings is 1. The predicted molar refractivity (Wildman–Crippen MR) is 516 cm³/mol. The number of carbonyl (C=O) groups excluding carboxylic acids is 15. The van der Waals surface area contributed by atoms with E-state index < -0.39 is 192 Å². The summed E-state index contributed by atoms with van der Waals surface area (Å²) in [7, 11) is 0. The molecule has 768 valence electrons. The van der Waals surface area contributed by atoms with Crippen molar-refractivity contribution < 1.29 is 97.1 Å². The summed E-state index contributed by atoms with van der Waals surface area (Å²) in [5.74, 6) is -16.7. The fourth-order valence-corrected chi connectivity index (χ4v) is 15.1. The third-order valence-corrected chi connectivity index (χ3v) is 23.3. The maximum absolute atomic E-state index is 14.9. The van der Waals surface area contributed by atoms with E-state index in [1.807, 2.05) is 6.92 Å². The number of amides is 15. The lowest BCUT2D eigenvalue weighted by atomic mass is 9.97. The number of thioether (sulfide) groups is 1. The summed E-state index contributed by atoms with van der Waals surface area (Å²) >= 11 is 1.20. The summed E-state index contributed by atoms with van der Waals surface area (Å²) in [6, 6.07) is -14.6. The number of aliphatic hydroxyl groups excluding tert-OH is 2. The van der Waals surface area contributed by atoms with Gasteiger partial charge in [0, 0.05) is 39.3 Å². The van der Waals surface area contributed by atoms with E-state index in [1.54, 1.807) is 27.0 Å². The number of nitrogens with zero attached hydrogens (tertiary/aromatic N) is 1. The Balaban J connectivity index is 3.72. The van der Waals surface area contributed by atoms with Crippen LogP contribution >= 0.6 is 11.8 Å². The maximum atomic E-state index is 14.9. The lowest BCUT2D eigenvalue weighted by Crippen LogP contribution is -2.62. The summed E-state index contributed by atoms with van der Waals surface area (Å²) < 4.78 is 0. The lowest BCUT2D eigenvalue weighted by Gasteiger charge is -2.29. The van der Waals surface area contributed by atoms with Gasteiger partial charge in [-0.05, 0) is 177 Å². The van der Waals surface area contributed by atoms with Crippen LogP contribution in [0.5, 0.6) is 5.75 Å². The minimum absolute atomic E-state index is 0.0185. The highest BCUT2D eigenvalue weighted by atomic mass is 32.2.